The Bertz CT molecular complexity index is 474. The molecule has 8 nitrogen and oxygen atoms in total. The van der Waals surface area contributed by atoms with Crippen molar-refractivity contribution in [2.45, 2.75) is 44.2 Å². The van der Waals surface area contributed by atoms with E-state index in [9.17, 15) is 19.2 Å². The summed E-state index contributed by atoms with van der Waals surface area (Å²) in [6.07, 6.45) is 2.45. The summed E-state index contributed by atoms with van der Waals surface area (Å²) >= 11 is 0. The second-order valence-corrected chi connectivity index (χ2v) is 5.53. The van der Waals surface area contributed by atoms with E-state index in [1.54, 1.807) is 0 Å². The lowest BCUT2D eigenvalue weighted by Crippen LogP contribution is -2.52. The molecule has 1 saturated heterocycles. The van der Waals surface area contributed by atoms with Crippen molar-refractivity contribution in [1.82, 2.24) is 10.2 Å². The highest BCUT2D eigenvalue weighted by atomic mass is 16.4. The Hall–Kier alpha value is -2.12. The molecule has 8 heteroatoms. The van der Waals surface area contributed by atoms with Crippen LogP contribution in [0, 0.1) is 5.92 Å². The van der Waals surface area contributed by atoms with Gasteiger partial charge >= 0.3 is 5.97 Å². The minimum atomic E-state index is -1.35. The van der Waals surface area contributed by atoms with Crippen molar-refractivity contribution in [3.63, 3.8) is 0 Å². The quantitative estimate of drug-likeness (QED) is 0.569. The molecule has 4 N–H and O–H groups in total. The van der Waals surface area contributed by atoms with E-state index in [4.69, 9.17) is 10.8 Å². The molecule has 0 aromatic heterocycles. The average molecular weight is 297 g/mol. The molecule has 116 valence electrons. The number of nitrogens with zero attached hydrogens (tertiary/aromatic N) is 1. The van der Waals surface area contributed by atoms with Crippen LogP contribution in [0.3, 0.4) is 0 Å². The molecule has 0 aromatic rings. The van der Waals surface area contributed by atoms with E-state index in [0.29, 0.717) is 19.4 Å². The Balaban J connectivity index is 1.98. The van der Waals surface area contributed by atoms with Crippen LogP contribution in [0.15, 0.2) is 0 Å². The molecule has 1 heterocycles. The highest BCUT2D eigenvalue weighted by Gasteiger charge is 2.41. The minimum Gasteiger partial charge on any atom is -0.480 e. The van der Waals surface area contributed by atoms with Crippen LogP contribution in [0.5, 0.6) is 0 Å². The summed E-state index contributed by atoms with van der Waals surface area (Å²) in [5, 5.41) is 11.3. The van der Waals surface area contributed by atoms with Crippen LogP contribution in [0.2, 0.25) is 0 Å². The number of primary amides is 1. The van der Waals surface area contributed by atoms with Gasteiger partial charge in [0.15, 0.2) is 0 Å². The van der Waals surface area contributed by atoms with Gasteiger partial charge in [-0.2, -0.15) is 0 Å². The first-order valence-electron chi connectivity index (χ1n) is 7.02. The van der Waals surface area contributed by atoms with Gasteiger partial charge in [-0.1, -0.05) is 0 Å². The summed E-state index contributed by atoms with van der Waals surface area (Å²) in [6.45, 7) is 0.515. The molecule has 1 unspecified atom stereocenters. The molecule has 1 aliphatic carbocycles. The topological polar surface area (TPSA) is 130 Å². The number of nitrogens with one attached hydrogen (secondary N) is 1. The van der Waals surface area contributed by atoms with Crippen molar-refractivity contribution in [1.29, 1.82) is 0 Å². The number of carbonyl (C=O) groups excluding carboxylic acids is 3. The van der Waals surface area contributed by atoms with E-state index in [-0.39, 0.29) is 11.8 Å². The van der Waals surface area contributed by atoms with Crippen LogP contribution >= 0.6 is 0 Å². The molecule has 0 aromatic carbocycles. The lowest BCUT2D eigenvalue weighted by molar-refractivity contribution is -0.145. The van der Waals surface area contributed by atoms with E-state index < -0.39 is 36.3 Å². The maximum absolute atomic E-state index is 12.2. The zero-order chi connectivity index (χ0) is 15.6. The molecule has 3 amide bonds. The standard InChI is InChI=1S/C13H19N3O5/c14-10(17)6-8(13(20)21)15-11(18)9-2-1-5-16(9)12(19)7-3-4-7/h7-9H,1-6H2,(H2,14,17)(H,15,18)(H,20,21)/t8-,9?/m0/s1. The number of hydrogen-bond donors (Lipinski definition) is 3. The first-order chi connectivity index (χ1) is 9.90. The highest BCUT2D eigenvalue weighted by Crippen LogP contribution is 2.33. The maximum atomic E-state index is 12.2. The summed E-state index contributed by atoms with van der Waals surface area (Å²) in [4.78, 5) is 47.6. The van der Waals surface area contributed by atoms with Gasteiger partial charge in [0.05, 0.1) is 6.42 Å². The molecule has 0 spiro atoms. The second-order valence-electron chi connectivity index (χ2n) is 5.53. The number of amides is 3. The summed E-state index contributed by atoms with van der Waals surface area (Å²) in [5.74, 6) is -2.68. The highest BCUT2D eigenvalue weighted by molar-refractivity contribution is 5.93. The SMILES string of the molecule is NC(=O)C[C@H](NC(=O)C1CCCN1C(=O)C1CC1)C(=O)O. The third kappa shape index (κ3) is 3.71. The van der Waals surface area contributed by atoms with Gasteiger partial charge in [-0.3, -0.25) is 14.4 Å². The zero-order valence-corrected chi connectivity index (χ0v) is 11.6. The number of carboxylic acid groups (broad SMARTS) is 1. The second kappa shape index (κ2) is 6.11. The summed E-state index contributed by atoms with van der Waals surface area (Å²) in [6, 6.07) is -2.00. The van der Waals surface area contributed by atoms with Crippen LogP contribution in [-0.2, 0) is 19.2 Å². The number of hydrogen-bond acceptors (Lipinski definition) is 4. The van der Waals surface area contributed by atoms with E-state index in [0.717, 1.165) is 12.8 Å². The van der Waals surface area contributed by atoms with E-state index in [2.05, 4.69) is 5.32 Å². The van der Waals surface area contributed by atoms with Crippen molar-refractivity contribution in [3.05, 3.63) is 0 Å². The van der Waals surface area contributed by atoms with E-state index in [1.165, 1.54) is 4.90 Å². The normalized spacial score (nSPS) is 22.7. The molecular formula is C13H19N3O5. The third-order valence-electron chi connectivity index (χ3n) is 3.79. The summed E-state index contributed by atoms with van der Waals surface area (Å²) in [7, 11) is 0. The lowest BCUT2D eigenvalue weighted by atomic mass is 10.1. The van der Waals surface area contributed by atoms with Crippen LogP contribution in [0.1, 0.15) is 32.1 Å². The first kappa shape index (κ1) is 15.3. The maximum Gasteiger partial charge on any atom is 0.326 e. The van der Waals surface area contributed by atoms with E-state index >= 15 is 0 Å². The lowest BCUT2D eigenvalue weighted by Gasteiger charge is -2.25. The Kier molecular flexibility index (Phi) is 4.44. The van der Waals surface area contributed by atoms with Crippen molar-refractivity contribution in [2.24, 2.45) is 11.7 Å². The summed E-state index contributed by atoms with van der Waals surface area (Å²) in [5.41, 5.74) is 4.97. The van der Waals surface area contributed by atoms with Crippen molar-refractivity contribution >= 4 is 23.7 Å². The monoisotopic (exact) mass is 297 g/mol. The molecular weight excluding hydrogens is 278 g/mol. The molecule has 2 rings (SSSR count). The van der Waals surface area contributed by atoms with Crippen molar-refractivity contribution in [3.8, 4) is 0 Å². The molecule has 2 aliphatic rings. The van der Waals surface area contributed by atoms with Crippen LogP contribution in [-0.4, -0.2) is 52.3 Å². The first-order valence-corrected chi connectivity index (χ1v) is 7.02. The number of rotatable bonds is 6. The van der Waals surface area contributed by atoms with Gasteiger partial charge < -0.3 is 21.1 Å². The fourth-order valence-electron chi connectivity index (χ4n) is 2.54. The molecule has 2 fully saturated rings. The smallest absolute Gasteiger partial charge is 0.326 e. The fourth-order valence-corrected chi connectivity index (χ4v) is 2.54. The predicted molar refractivity (Wildman–Crippen MR) is 70.8 cm³/mol. The van der Waals surface area contributed by atoms with Gasteiger partial charge in [0, 0.05) is 12.5 Å². The predicted octanol–water partition coefficient (Wildman–Crippen LogP) is -1.17. The number of carboxylic acids is 1. The van der Waals surface area contributed by atoms with Crippen LogP contribution < -0.4 is 11.1 Å². The molecule has 2 atom stereocenters. The van der Waals surface area contributed by atoms with Gasteiger partial charge in [-0.05, 0) is 25.7 Å². The average Bonchev–Trinajstić information content (AvgIpc) is 3.13. The van der Waals surface area contributed by atoms with Gasteiger partial charge in [0.1, 0.15) is 12.1 Å². The minimum absolute atomic E-state index is 0.0132. The Morgan fingerprint density at radius 3 is 2.43 bits per heavy atom. The Labute approximate surface area is 121 Å². The number of carbonyl (C=O) groups is 4. The number of nitrogens with two attached hydrogens (primary N) is 1. The van der Waals surface area contributed by atoms with Gasteiger partial charge in [0.25, 0.3) is 0 Å². The summed E-state index contributed by atoms with van der Waals surface area (Å²) < 4.78 is 0. The Morgan fingerprint density at radius 1 is 1.24 bits per heavy atom. The molecule has 1 saturated carbocycles. The van der Waals surface area contributed by atoms with E-state index in [1.807, 2.05) is 0 Å². The number of likely N-dealkylation sites (tertiary alicyclic amines) is 1. The van der Waals surface area contributed by atoms with Gasteiger partial charge in [-0.25, -0.2) is 4.79 Å². The molecule has 0 bridgehead atoms. The van der Waals surface area contributed by atoms with Gasteiger partial charge in [0.2, 0.25) is 17.7 Å². The fraction of sp³-hybridized carbons (Fsp3) is 0.692. The largest absolute Gasteiger partial charge is 0.480 e. The van der Waals surface area contributed by atoms with Crippen molar-refractivity contribution in [2.75, 3.05) is 6.54 Å². The molecule has 21 heavy (non-hydrogen) atoms. The molecule has 0 radical (unpaired) electrons. The zero-order valence-electron chi connectivity index (χ0n) is 11.6. The number of aliphatic carboxylic acids is 1. The van der Waals surface area contributed by atoms with Crippen LogP contribution in [0.25, 0.3) is 0 Å². The van der Waals surface area contributed by atoms with Crippen LogP contribution in [0.4, 0.5) is 0 Å². The Morgan fingerprint density at radius 2 is 1.90 bits per heavy atom. The third-order valence-corrected chi connectivity index (χ3v) is 3.79. The van der Waals surface area contributed by atoms with Gasteiger partial charge in [-0.15, -0.1) is 0 Å². The molecule has 1 aliphatic heterocycles. The van der Waals surface area contributed by atoms with Crippen molar-refractivity contribution < 1.29 is 24.3 Å².